The van der Waals surface area contributed by atoms with Gasteiger partial charge in [0.25, 0.3) is 0 Å². The van der Waals surface area contributed by atoms with E-state index in [-0.39, 0.29) is 6.10 Å². The average Bonchev–Trinajstić information content (AvgIpc) is 2.77. The van der Waals surface area contributed by atoms with Crippen LogP contribution in [0, 0.1) is 12.3 Å². The lowest BCUT2D eigenvalue weighted by atomic mass is 10.1. The van der Waals surface area contributed by atoms with Crippen molar-refractivity contribution < 1.29 is 14.2 Å². The molecule has 0 amide bonds. The van der Waals surface area contributed by atoms with Gasteiger partial charge < -0.3 is 14.2 Å². The van der Waals surface area contributed by atoms with Crippen LogP contribution in [0.1, 0.15) is 25.0 Å². The minimum atomic E-state index is 0.0190. The first-order valence-electron chi connectivity index (χ1n) is 5.29. The molecule has 3 heteroatoms. The Morgan fingerprint density at radius 3 is 3.00 bits per heavy atom. The minimum Gasteiger partial charge on any atom is -0.454 e. The van der Waals surface area contributed by atoms with Crippen molar-refractivity contribution in [1.82, 2.24) is 0 Å². The van der Waals surface area contributed by atoms with Gasteiger partial charge in [0, 0.05) is 0 Å². The van der Waals surface area contributed by atoms with E-state index in [0.29, 0.717) is 13.4 Å². The second-order valence-corrected chi connectivity index (χ2v) is 3.52. The first-order valence-corrected chi connectivity index (χ1v) is 5.29. The number of hydrogen-bond acceptors (Lipinski definition) is 3. The summed E-state index contributed by atoms with van der Waals surface area (Å²) in [5.74, 6) is 4.04. The van der Waals surface area contributed by atoms with Crippen molar-refractivity contribution in [1.29, 1.82) is 0 Å². The molecule has 1 unspecified atom stereocenters. The van der Waals surface area contributed by atoms with Crippen LogP contribution in [-0.2, 0) is 4.74 Å². The Morgan fingerprint density at radius 1 is 1.44 bits per heavy atom. The van der Waals surface area contributed by atoms with Crippen molar-refractivity contribution >= 4 is 0 Å². The molecule has 0 N–H and O–H groups in total. The lowest BCUT2D eigenvalue weighted by Gasteiger charge is -2.15. The highest BCUT2D eigenvalue weighted by molar-refractivity contribution is 5.45. The molecular formula is C13H14O3. The second kappa shape index (κ2) is 4.91. The van der Waals surface area contributed by atoms with Gasteiger partial charge in [-0.25, -0.2) is 0 Å². The fourth-order valence-electron chi connectivity index (χ4n) is 1.71. The maximum absolute atomic E-state index is 5.55. The van der Waals surface area contributed by atoms with Crippen LogP contribution in [0.4, 0.5) is 0 Å². The lowest BCUT2D eigenvalue weighted by molar-refractivity contribution is 0.0748. The quantitative estimate of drug-likeness (QED) is 0.727. The van der Waals surface area contributed by atoms with Gasteiger partial charge in [0.15, 0.2) is 11.5 Å². The predicted molar refractivity (Wildman–Crippen MR) is 60.4 cm³/mol. The van der Waals surface area contributed by atoms with Crippen molar-refractivity contribution in [2.24, 2.45) is 0 Å². The maximum atomic E-state index is 5.55. The third-order valence-corrected chi connectivity index (χ3v) is 2.51. The number of fused-ring (bicyclic) bond motifs is 1. The number of rotatable bonds is 4. The number of benzene rings is 1. The highest BCUT2D eigenvalue weighted by atomic mass is 16.7. The first kappa shape index (κ1) is 10.8. The average molecular weight is 218 g/mol. The van der Waals surface area contributed by atoms with Crippen LogP contribution in [-0.4, -0.2) is 13.4 Å². The van der Waals surface area contributed by atoms with Gasteiger partial charge in [-0.15, -0.1) is 6.42 Å². The zero-order valence-corrected chi connectivity index (χ0v) is 9.23. The van der Waals surface area contributed by atoms with E-state index in [1.165, 1.54) is 0 Å². The van der Waals surface area contributed by atoms with Crippen LogP contribution in [0.15, 0.2) is 18.2 Å². The molecule has 3 nitrogen and oxygen atoms in total. The molecule has 2 rings (SSSR count). The molecule has 1 atom stereocenters. The summed E-state index contributed by atoms with van der Waals surface area (Å²) in [4.78, 5) is 0. The lowest BCUT2D eigenvalue weighted by Crippen LogP contribution is -2.03. The van der Waals surface area contributed by atoms with E-state index in [4.69, 9.17) is 20.6 Å². The molecule has 1 aromatic carbocycles. The fourth-order valence-corrected chi connectivity index (χ4v) is 1.71. The molecule has 84 valence electrons. The van der Waals surface area contributed by atoms with Crippen LogP contribution >= 0.6 is 0 Å². The van der Waals surface area contributed by atoms with E-state index in [1.54, 1.807) is 0 Å². The molecular weight excluding hydrogens is 204 g/mol. The smallest absolute Gasteiger partial charge is 0.231 e. The molecule has 0 spiro atoms. The summed E-state index contributed by atoms with van der Waals surface area (Å²) in [6.45, 7) is 2.68. The van der Waals surface area contributed by atoms with Crippen LogP contribution in [0.5, 0.6) is 11.5 Å². The zero-order chi connectivity index (χ0) is 11.4. The molecule has 0 saturated heterocycles. The molecule has 1 aromatic rings. The van der Waals surface area contributed by atoms with Gasteiger partial charge in [-0.2, -0.15) is 0 Å². The van der Waals surface area contributed by atoms with E-state index in [1.807, 2.05) is 18.2 Å². The van der Waals surface area contributed by atoms with Crippen LogP contribution in [0.2, 0.25) is 0 Å². The van der Waals surface area contributed by atoms with Crippen LogP contribution < -0.4 is 9.47 Å². The second-order valence-electron chi connectivity index (χ2n) is 3.52. The third-order valence-electron chi connectivity index (χ3n) is 2.51. The molecule has 0 fully saturated rings. The highest BCUT2D eigenvalue weighted by Gasteiger charge is 2.17. The Morgan fingerprint density at radius 2 is 2.25 bits per heavy atom. The molecule has 0 aromatic heterocycles. The van der Waals surface area contributed by atoms with Crippen molar-refractivity contribution in [3.63, 3.8) is 0 Å². The Kier molecular flexibility index (Phi) is 3.33. The molecule has 0 aliphatic carbocycles. The van der Waals surface area contributed by atoms with Gasteiger partial charge in [-0.3, -0.25) is 0 Å². The third kappa shape index (κ3) is 2.12. The Hall–Kier alpha value is -1.66. The van der Waals surface area contributed by atoms with Crippen molar-refractivity contribution in [3.8, 4) is 23.8 Å². The summed E-state index contributed by atoms with van der Waals surface area (Å²) in [5.41, 5.74) is 1.07. The van der Waals surface area contributed by atoms with Crippen LogP contribution in [0.3, 0.4) is 0 Å². The van der Waals surface area contributed by atoms with Gasteiger partial charge in [-0.05, 0) is 24.1 Å². The van der Waals surface area contributed by atoms with Gasteiger partial charge >= 0.3 is 0 Å². The van der Waals surface area contributed by atoms with Gasteiger partial charge in [0.1, 0.15) is 6.61 Å². The minimum absolute atomic E-state index is 0.0190. The number of terminal acetylenes is 1. The summed E-state index contributed by atoms with van der Waals surface area (Å²) < 4.78 is 16.1. The molecule has 0 saturated carbocycles. The summed E-state index contributed by atoms with van der Waals surface area (Å²) in [6.07, 6.45) is 6.08. The molecule has 0 bridgehead atoms. The van der Waals surface area contributed by atoms with Gasteiger partial charge in [0.2, 0.25) is 6.79 Å². The van der Waals surface area contributed by atoms with Crippen molar-refractivity contribution in [2.45, 2.75) is 19.4 Å². The largest absolute Gasteiger partial charge is 0.454 e. The van der Waals surface area contributed by atoms with E-state index in [2.05, 4.69) is 12.8 Å². The molecule has 1 aliphatic heterocycles. The highest BCUT2D eigenvalue weighted by Crippen LogP contribution is 2.35. The molecule has 1 aliphatic rings. The van der Waals surface area contributed by atoms with E-state index < -0.39 is 0 Å². The number of ether oxygens (including phenoxy) is 3. The normalized spacial score (nSPS) is 14.5. The monoisotopic (exact) mass is 218 g/mol. The van der Waals surface area contributed by atoms with E-state index >= 15 is 0 Å². The molecule has 1 heterocycles. The summed E-state index contributed by atoms with van der Waals surface area (Å²) in [6, 6.07) is 5.84. The topological polar surface area (TPSA) is 27.7 Å². The first-order chi connectivity index (χ1) is 7.85. The summed E-state index contributed by atoms with van der Waals surface area (Å²) >= 11 is 0. The molecule has 0 radical (unpaired) electrons. The number of hydrogen-bond donors (Lipinski definition) is 0. The van der Waals surface area contributed by atoms with Gasteiger partial charge in [-0.1, -0.05) is 18.9 Å². The SMILES string of the molecule is C#CCOC(CC)c1ccc2c(c1)OCO2. The maximum Gasteiger partial charge on any atom is 0.231 e. The molecule has 16 heavy (non-hydrogen) atoms. The fraction of sp³-hybridized carbons (Fsp3) is 0.385. The van der Waals surface area contributed by atoms with Crippen molar-refractivity contribution in [2.75, 3.05) is 13.4 Å². The summed E-state index contributed by atoms with van der Waals surface area (Å²) in [5, 5.41) is 0. The zero-order valence-electron chi connectivity index (χ0n) is 9.23. The predicted octanol–water partition coefficient (Wildman–Crippen LogP) is 2.52. The standard InChI is InChI=1S/C13H14O3/c1-3-7-14-11(4-2)10-5-6-12-13(8-10)16-9-15-12/h1,5-6,8,11H,4,7,9H2,2H3. The van der Waals surface area contributed by atoms with Gasteiger partial charge in [0.05, 0.1) is 6.10 Å². The summed E-state index contributed by atoms with van der Waals surface area (Å²) in [7, 11) is 0. The van der Waals surface area contributed by atoms with E-state index in [9.17, 15) is 0 Å². The van der Waals surface area contributed by atoms with Crippen LogP contribution in [0.25, 0.3) is 0 Å². The Balaban J connectivity index is 2.16. The Labute approximate surface area is 95.3 Å². The van der Waals surface area contributed by atoms with Crippen molar-refractivity contribution in [3.05, 3.63) is 23.8 Å². The van der Waals surface area contributed by atoms with E-state index in [0.717, 1.165) is 23.5 Å². The Bertz CT molecular complexity index is 406.